The minimum absolute atomic E-state index is 0.278. The Balaban J connectivity index is 1.84. The van der Waals surface area contributed by atoms with Crippen molar-refractivity contribution in [2.45, 2.75) is 6.92 Å². The topological polar surface area (TPSA) is 49.4 Å². The van der Waals surface area contributed by atoms with Crippen molar-refractivity contribution in [2.24, 2.45) is 0 Å². The van der Waals surface area contributed by atoms with Gasteiger partial charge in [0.25, 0.3) is 5.91 Å². The number of likely N-dealkylation sites (N-methyl/N-ethyl adjacent to an activating group) is 1. The van der Waals surface area contributed by atoms with Crippen molar-refractivity contribution in [3.05, 3.63) is 65.9 Å². The molecule has 1 saturated heterocycles. The maximum absolute atomic E-state index is 12.0. The van der Waals surface area contributed by atoms with Crippen LogP contribution in [0.15, 0.2) is 60.3 Å². The summed E-state index contributed by atoms with van der Waals surface area (Å²) in [5.74, 6) is -0.278. The number of urea groups is 1. The van der Waals surface area contributed by atoms with Crippen molar-refractivity contribution in [1.82, 2.24) is 10.2 Å². The van der Waals surface area contributed by atoms with Crippen LogP contribution in [0.4, 0.5) is 4.79 Å². The number of benzene rings is 2. The van der Waals surface area contributed by atoms with Gasteiger partial charge in [-0.05, 0) is 29.7 Å². The molecule has 0 unspecified atom stereocenters. The third kappa shape index (κ3) is 2.63. The van der Waals surface area contributed by atoms with Gasteiger partial charge in [-0.1, -0.05) is 54.6 Å². The Bertz CT molecular complexity index is 733. The van der Waals surface area contributed by atoms with Crippen molar-refractivity contribution in [2.75, 3.05) is 6.54 Å². The number of hydrogen-bond acceptors (Lipinski definition) is 2. The van der Waals surface area contributed by atoms with Crippen LogP contribution >= 0.6 is 0 Å². The van der Waals surface area contributed by atoms with Crippen LogP contribution in [-0.2, 0) is 4.79 Å². The Morgan fingerprint density at radius 2 is 1.59 bits per heavy atom. The second-order valence-corrected chi connectivity index (χ2v) is 5.03. The van der Waals surface area contributed by atoms with Crippen molar-refractivity contribution < 1.29 is 9.59 Å². The molecule has 4 heteroatoms. The fourth-order valence-electron chi connectivity index (χ4n) is 2.43. The van der Waals surface area contributed by atoms with E-state index < -0.39 is 0 Å². The normalized spacial score (nSPS) is 16.2. The smallest absolute Gasteiger partial charge is 0.303 e. The highest BCUT2D eigenvalue weighted by atomic mass is 16.2. The molecular formula is C18H16N2O2. The van der Waals surface area contributed by atoms with E-state index in [4.69, 9.17) is 0 Å². The van der Waals surface area contributed by atoms with E-state index in [0.29, 0.717) is 12.2 Å². The van der Waals surface area contributed by atoms with Gasteiger partial charge in [-0.15, -0.1) is 0 Å². The summed E-state index contributed by atoms with van der Waals surface area (Å²) in [7, 11) is 0. The van der Waals surface area contributed by atoms with E-state index in [0.717, 1.165) is 16.7 Å². The molecule has 0 atom stereocenters. The molecule has 3 rings (SSSR count). The van der Waals surface area contributed by atoms with Crippen molar-refractivity contribution >= 4 is 18.0 Å². The van der Waals surface area contributed by atoms with E-state index in [-0.39, 0.29) is 11.9 Å². The number of nitrogens with one attached hydrogen (secondary N) is 1. The summed E-state index contributed by atoms with van der Waals surface area (Å²) in [5.41, 5.74) is 3.45. The second kappa shape index (κ2) is 5.85. The first kappa shape index (κ1) is 14.1. The summed E-state index contributed by atoms with van der Waals surface area (Å²) < 4.78 is 0. The van der Waals surface area contributed by atoms with Gasteiger partial charge in [-0.2, -0.15) is 0 Å². The highest BCUT2D eigenvalue weighted by Gasteiger charge is 2.31. The second-order valence-electron chi connectivity index (χ2n) is 5.03. The molecule has 1 fully saturated rings. The molecule has 1 aliphatic heterocycles. The zero-order valence-corrected chi connectivity index (χ0v) is 12.2. The Morgan fingerprint density at radius 3 is 2.18 bits per heavy atom. The summed E-state index contributed by atoms with van der Waals surface area (Å²) in [6, 6.07) is 17.6. The lowest BCUT2D eigenvalue weighted by Crippen LogP contribution is -2.30. The van der Waals surface area contributed by atoms with E-state index in [9.17, 15) is 9.59 Å². The molecule has 1 aliphatic rings. The molecule has 22 heavy (non-hydrogen) atoms. The van der Waals surface area contributed by atoms with Gasteiger partial charge >= 0.3 is 6.03 Å². The first-order valence-corrected chi connectivity index (χ1v) is 7.19. The molecule has 0 aromatic heterocycles. The number of rotatable bonds is 3. The third-order valence-corrected chi connectivity index (χ3v) is 3.61. The zero-order valence-electron chi connectivity index (χ0n) is 12.2. The molecule has 2 aromatic carbocycles. The van der Waals surface area contributed by atoms with E-state index >= 15 is 0 Å². The Hall–Kier alpha value is -2.88. The number of hydrogen-bond donors (Lipinski definition) is 1. The molecule has 110 valence electrons. The van der Waals surface area contributed by atoms with Crippen LogP contribution in [-0.4, -0.2) is 23.4 Å². The van der Waals surface area contributed by atoms with E-state index in [1.807, 2.05) is 54.6 Å². The van der Waals surface area contributed by atoms with Crippen LogP contribution in [0.5, 0.6) is 0 Å². The van der Waals surface area contributed by atoms with Crippen LogP contribution in [0, 0.1) is 0 Å². The van der Waals surface area contributed by atoms with Crippen LogP contribution in [0.2, 0.25) is 0 Å². The lowest BCUT2D eigenvalue weighted by Gasteiger charge is -2.06. The van der Waals surface area contributed by atoms with Gasteiger partial charge in [0.2, 0.25) is 0 Å². The Labute approximate surface area is 129 Å². The summed E-state index contributed by atoms with van der Waals surface area (Å²) in [5, 5.41) is 2.60. The summed E-state index contributed by atoms with van der Waals surface area (Å²) in [4.78, 5) is 24.8. The summed E-state index contributed by atoms with van der Waals surface area (Å²) in [6.45, 7) is 2.14. The highest BCUT2D eigenvalue weighted by molar-refractivity contribution is 6.13. The fourth-order valence-corrected chi connectivity index (χ4v) is 2.43. The minimum atomic E-state index is -0.361. The predicted molar refractivity (Wildman–Crippen MR) is 85.8 cm³/mol. The maximum Gasteiger partial charge on any atom is 0.328 e. The number of amides is 3. The average molecular weight is 292 g/mol. The van der Waals surface area contributed by atoms with Crippen LogP contribution in [0.25, 0.3) is 17.2 Å². The number of nitrogens with zero attached hydrogens (tertiary/aromatic N) is 1. The van der Waals surface area contributed by atoms with Crippen molar-refractivity contribution in [3.8, 4) is 11.1 Å². The number of carbonyl (C=O) groups is 2. The maximum atomic E-state index is 12.0. The van der Waals surface area contributed by atoms with Gasteiger partial charge in [0, 0.05) is 6.54 Å². The molecule has 0 radical (unpaired) electrons. The van der Waals surface area contributed by atoms with Gasteiger partial charge in [0.15, 0.2) is 0 Å². The standard InChI is InChI=1S/C18H16N2O2/c1-2-20-17(21)16(19-18(20)22)12-13-8-10-15(11-9-13)14-6-4-3-5-7-14/h3-12H,2H2,1H3,(H,19,22)/b16-12+. The zero-order chi connectivity index (χ0) is 15.5. The first-order chi connectivity index (χ1) is 10.7. The number of imide groups is 1. The highest BCUT2D eigenvalue weighted by Crippen LogP contribution is 2.21. The summed E-state index contributed by atoms with van der Waals surface area (Å²) in [6.07, 6.45) is 1.70. The Kier molecular flexibility index (Phi) is 3.74. The van der Waals surface area contributed by atoms with Gasteiger partial charge in [0.1, 0.15) is 5.70 Å². The van der Waals surface area contributed by atoms with Gasteiger partial charge in [-0.3, -0.25) is 9.69 Å². The quantitative estimate of drug-likeness (QED) is 0.697. The minimum Gasteiger partial charge on any atom is -0.303 e. The molecule has 0 spiro atoms. The largest absolute Gasteiger partial charge is 0.328 e. The van der Waals surface area contributed by atoms with E-state index in [2.05, 4.69) is 5.32 Å². The van der Waals surface area contributed by atoms with Crippen LogP contribution in [0.3, 0.4) is 0 Å². The van der Waals surface area contributed by atoms with Crippen molar-refractivity contribution in [1.29, 1.82) is 0 Å². The average Bonchev–Trinajstić information content (AvgIpc) is 2.82. The van der Waals surface area contributed by atoms with E-state index in [1.54, 1.807) is 13.0 Å². The predicted octanol–water partition coefficient (Wildman–Crippen LogP) is 3.27. The van der Waals surface area contributed by atoms with Gasteiger partial charge in [0.05, 0.1) is 0 Å². The lowest BCUT2D eigenvalue weighted by atomic mass is 10.0. The molecule has 1 N–H and O–H groups in total. The molecule has 0 aliphatic carbocycles. The molecule has 3 amide bonds. The molecule has 2 aromatic rings. The summed E-state index contributed by atoms with van der Waals surface area (Å²) >= 11 is 0. The fraction of sp³-hybridized carbons (Fsp3) is 0.111. The number of carbonyl (C=O) groups excluding carboxylic acids is 2. The molecule has 0 saturated carbocycles. The van der Waals surface area contributed by atoms with Crippen LogP contribution in [0.1, 0.15) is 12.5 Å². The molecular weight excluding hydrogens is 276 g/mol. The third-order valence-electron chi connectivity index (χ3n) is 3.61. The Morgan fingerprint density at radius 1 is 0.955 bits per heavy atom. The first-order valence-electron chi connectivity index (χ1n) is 7.19. The van der Waals surface area contributed by atoms with Gasteiger partial charge < -0.3 is 5.32 Å². The van der Waals surface area contributed by atoms with E-state index in [1.165, 1.54) is 4.90 Å². The van der Waals surface area contributed by atoms with Gasteiger partial charge in [-0.25, -0.2) is 4.79 Å². The van der Waals surface area contributed by atoms with Crippen molar-refractivity contribution in [3.63, 3.8) is 0 Å². The monoisotopic (exact) mass is 292 g/mol. The lowest BCUT2D eigenvalue weighted by molar-refractivity contribution is -0.122. The molecule has 1 heterocycles. The SMILES string of the molecule is CCN1C(=O)N/C(=C/c2ccc(-c3ccccc3)cc2)C1=O. The van der Waals surface area contributed by atoms with Crippen LogP contribution < -0.4 is 5.32 Å². The molecule has 0 bridgehead atoms. The molecule has 4 nitrogen and oxygen atoms in total.